The molecule has 2 aromatic heterocycles. The van der Waals surface area contributed by atoms with Gasteiger partial charge in [0.25, 0.3) is 5.91 Å². The van der Waals surface area contributed by atoms with Crippen molar-refractivity contribution in [2.45, 2.75) is 13.2 Å². The minimum atomic E-state index is -0.468. The minimum Gasteiger partial charge on any atom is -0.483 e. The summed E-state index contributed by atoms with van der Waals surface area (Å²) >= 11 is 30.5. The first kappa shape index (κ1) is 23.8. The maximum absolute atomic E-state index is 12.5. The van der Waals surface area contributed by atoms with E-state index in [1.54, 1.807) is 41.2 Å². The predicted molar refractivity (Wildman–Crippen MR) is 130 cm³/mol. The molecular weight excluding hydrogens is 532 g/mol. The zero-order valence-corrected chi connectivity index (χ0v) is 20.4. The molecule has 170 valence electrons. The van der Waals surface area contributed by atoms with Gasteiger partial charge in [-0.1, -0.05) is 64.1 Å². The van der Waals surface area contributed by atoms with Gasteiger partial charge in [0.1, 0.15) is 12.4 Å². The van der Waals surface area contributed by atoms with Gasteiger partial charge in [0, 0.05) is 32.9 Å². The number of ether oxygens (including phenoxy) is 1. The van der Waals surface area contributed by atoms with Crippen LogP contribution in [0.3, 0.4) is 0 Å². The number of furan rings is 1. The predicted octanol–water partition coefficient (Wildman–Crippen LogP) is 7.62. The Labute approximate surface area is 213 Å². The number of carbonyl (C=O) groups is 1. The number of rotatable bonds is 7. The molecule has 0 fully saturated rings. The first-order valence-electron chi connectivity index (χ1n) is 9.44. The van der Waals surface area contributed by atoms with Gasteiger partial charge in [-0.05, 0) is 36.4 Å². The second-order valence-electron chi connectivity index (χ2n) is 6.81. The van der Waals surface area contributed by atoms with Crippen LogP contribution >= 0.6 is 58.0 Å². The highest BCUT2D eigenvalue weighted by atomic mass is 35.5. The topological polar surface area (TPSA) is 69.3 Å². The molecule has 33 heavy (non-hydrogen) atoms. The standard InChI is InChI=1S/C22H14Cl5N3O3/c23-12-8-17(26)21(18(27)9-12)32-11-13-4-5-19(33-13)22(31)28-20-6-7-30(29-20)10-14-15(24)2-1-3-16(14)25/h1-9H,10-11H2,(H,28,29,31). The monoisotopic (exact) mass is 543 g/mol. The minimum absolute atomic E-state index is 0.0155. The maximum Gasteiger partial charge on any atom is 0.292 e. The van der Waals surface area contributed by atoms with Crippen LogP contribution in [0.15, 0.2) is 59.1 Å². The molecule has 0 saturated heterocycles. The molecule has 2 aromatic carbocycles. The van der Waals surface area contributed by atoms with Crippen molar-refractivity contribution in [3.63, 3.8) is 0 Å². The summed E-state index contributed by atoms with van der Waals surface area (Å²) < 4.78 is 12.8. The number of aromatic nitrogens is 2. The van der Waals surface area contributed by atoms with E-state index in [1.807, 2.05) is 0 Å². The molecular formula is C22H14Cl5N3O3. The van der Waals surface area contributed by atoms with Crippen LogP contribution in [-0.4, -0.2) is 15.7 Å². The van der Waals surface area contributed by atoms with Gasteiger partial charge in [-0.2, -0.15) is 5.10 Å². The Bertz CT molecular complexity index is 1280. The van der Waals surface area contributed by atoms with Gasteiger partial charge in [-0.3, -0.25) is 9.48 Å². The fourth-order valence-corrected chi connectivity index (χ4v) is 4.37. The first-order chi connectivity index (χ1) is 15.8. The van der Waals surface area contributed by atoms with E-state index >= 15 is 0 Å². The van der Waals surface area contributed by atoms with E-state index in [9.17, 15) is 4.79 Å². The molecule has 0 saturated carbocycles. The third-order valence-electron chi connectivity index (χ3n) is 4.47. The number of nitrogens with one attached hydrogen (secondary N) is 1. The van der Waals surface area contributed by atoms with Crippen molar-refractivity contribution in [2.24, 2.45) is 0 Å². The van der Waals surface area contributed by atoms with Crippen molar-refractivity contribution in [3.05, 3.63) is 96.9 Å². The van der Waals surface area contributed by atoms with Gasteiger partial charge in [-0.15, -0.1) is 0 Å². The van der Waals surface area contributed by atoms with Crippen molar-refractivity contribution >= 4 is 69.7 Å². The van der Waals surface area contributed by atoms with Gasteiger partial charge in [0.2, 0.25) is 0 Å². The average Bonchev–Trinajstić information content (AvgIpc) is 3.40. The van der Waals surface area contributed by atoms with Gasteiger partial charge in [0.05, 0.1) is 16.6 Å². The number of hydrogen-bond acceptors (Lipinski definition) is 4. The van der Waals surface area contributed by atoms with Crippen LogP contribution in [0, 0.1) is 0 Å². The molecule has 0 spiro atoms. The highest BCUT2D eigenvalue weighted by molar-refractivity contribution is 6.40. The number of nitrogens with zero attached hydrogens (tertiary/aromatic N) is 2. The van der Waals surface area contributed by atoms with Crippen molar-refractivity contribution < 1.29 is 13.9 Å². The second-order valence-corrected chi connectivity index (χ2v) is 8.87. The van der Waals surface area contributed by atoms with Crippen molar-refractivity contribution in [3.8, 4) is 5.75 Å². The molecule has 4 aromatic rings. The van der Waals surface area contributed by atoms with Crippen LogP contribution in [0.1, 0.15) is 21.9 Å². The van der Waals surface area contributed by atoms with Gasteiger partial charge in [0.15, 0.2) is 17.3 Å². The van der Waals surface area contributed by atoms with Crippen molar-refractivity contribution in [1.82, 2.24) is 9.78 Å². The van der Waals surface area contributed by atoms with Gasteiger partial charge in [-0.25, -0.2) is 0 Å². The molecule has 0 atom stereocenters. The van der Waals surface area contributed by atoms with Crippen LogP contribution < -0.4 is 10.1 Å². The molecule has 0 aliphatic rings. The lowest BCUT2D eigenvalue weighted by Gasteiger charge is -2.09. The molecule has 0 bridgehead atoms. The largest absolute Gasteiger partial charge is 0.483 e. The van der Waals surface area contributed by atoms with Gasteiger partial charge >= 0.3 is 0 Å². The summed E-state index contributed by atoms with van der Waals surface area (Å²) in [6, 6.07) is 13.1. The maximum atomic E-state index is 12.5. The summed E-state index contributed by atoms with van der Waals surface area (Å²) in [5.41, 5.74) is 0.735. The third-order valence-corrected chi connectivity index (χ3v) is 5.96. The van der Waals surface area contributed by atoms with Crippen LogP contribution in [-0.2, 0) is 13.2 Å². The van der Waals surface area contributed by atoms with E-state index in [4.69, 9.17) is 67.2 Å². The van der Waals surface area contributed by atoms with Crippen molar-refractivity contribution in [1.29, 1.82) is 0 Å². The Hall–Kier alpha value is -2.35. The quantitative estimate of drug-likeness (QED) is 0.259. The number of amides is 1. The SMILES string of the molecule is O=C(Nc1ccn(Cc2c(Cl)cccc2Cl)n1)c1ccc(COc2c(Cl)cc(Cl)cc2Cl)o1. The molecule has 1 amide bonds. The van der Waals surface area contributed by atoms with Crippen LogP contribution in [0.4, 0.5) is 5.82 Å². The average molecular weight is 546 g/mol. The summed E-state index contributed by atoms with van der Waals surface area (Å²) in [7, 11) is 0. The summed E-state index contributed by atoms with van der Waals surface area (Å²) in [5, 5.41) is 9.01. The zero-order valence-electron chi connectivity index (χ0n) is 16.6. The molecule has 2 heterocycles. The highest BCUT2D eigenvalue weighted by Crippen LogP contribution is 2.36. The smallest absolute Gasteiger partial charge is 0.292 e. The molecule has 0 aliphatic carbocycles. The molecule has 0 aliphatic heterocycles. The van der Waals surface area contributed by atoms with E-state index in [0.29, 0.717) is 33.2 Å². The zero-order chi connectivity index (χ0) is 23.5. The number of benzene rings is 2. The van der Waals surface area contributed by atoms with Crippen molar-refractivity contribution in [2.75, 3.05) is 5.32 Å². The Morgan fingerprint density at radius 3 is 2.36 bits per heavy atom. The van der Waals surface area contributed by atoms with E-state index in [0.717, 1.165) is 5.56 Å². The Balaban J connectivity index is 1.37. The summed E-state index contributed by atoms with van der Waals surface area (Å²) in [4.78, 5) is 12.5. The summed E-state index contributed by atoms with van der Waals surface area (Å²) in [6.45, 7) is 0.369. The number of hydrogen-bond donors (Lipinski definition) is 1. The van der Waals surface area contributed by atoms with Crippen LogP contribution in [0.25, 0.3) is 0 Å². The van der Waals surface area contributed by atoms with E-state index < -0.39 is 5.91 Å². The number of carbonyl (C=O) groups excluding carboxylic acids is 1. The molecule has 1 N–H and O–H groups in total. The molecule has 4 rings (SSSR count). The lowest BCUT2D eigenvalue weighted by molar-refractivity contribution is 0.0992. The van der Waals surface area contributed by atoms with E-state index in [-0.39, 0.29) is 28.2 Å². The Kier molecular flexibility index (Phi) is 7.41. The Morgan fingerprint density at radius 1 is 0.970 bits per heavy atom. The van der Waals surface area contributed by atoms with E-state index in [1.165, 1.54) is 18.2 Å². The lowest BCUT2D eigenvalue weighted by Crippen LogP contribution is -2.12. The summed E-state index contributed by atoms with van der Waals surface area (Å²) in [6.07, 6.45) is 1.70. The fraction of sp³-hybridized carbons (Fsp3) is 0.0909. The highest BCUT2D eigenvalue weighted by Gasteiger charge is 2.15. The lowest BCUT2D eigenvalue weighted by atomic mass is 10.2. The van der Waals surface area contributed by atoms with Crippen LogP contribution in [0.5, 0.6) is 5.75 Å². The fourth-order valence-electron chi connectivity index (χ4n) is 2.93. The first-order valence-corrected chi connectivity index (χ1v) is 11.3. The second kappa shape index (κ2) is 10.3. The molecule has 6 nitrogen and oxygen atoms in total. The van der Waals surface area contributed by atoms with E-state index in [2.05, 4.69) is 10.4 Å². The molecule has 0 unspecified atom stereocenters. The third kappa shape index (κ3) is 5.78. The van der Waals surface area contributed by atoms with Gasteiger partial charge < -0.3 is 14.5 Å². The Morgan fingerprint density at radius 2 is 1.67 bits per heavy atom. The number of halogens is 5. The molecule has 0 radical (unpaired) electrons. The summed E-state index contributed by atoms with van der Waals surface area (Å²) in [5.74, 6) is 0.642. The molecule has 11 heteroatoms. The normalized spacial score (nSPS) is 10.9. The number of anilines is 1. The van der Waals surface area contributed by atoms with Crippen LogP contribution in [0.2, 0.25) is 25.1 Å².